The largest absolute Gasteiger partial charge is 0.394 e. The van der Waals surface area contributed by atoms with Crippen LogP contribution < -0.4 is 0 Å². The van der Waals surface area contributed by atoms with Crippen LogP contribution in [0.3, 0.4) is 0 Å². The summed E-state index contributed by atoms with van der Waals surface area (Å²) >= 11 is 0. The van der Waals surface area contributed by atoms with E-state index in [0.29, 0.717) is 37.4 Å². The van der Waals surface area contributed by atoms with E-state index < -0.39 is 17.7 Å². The zero-order valence-electron chi connectivity index (χ0n) is 21.8. The summed E-state index contributed by atoms with van der Waals surface area (Å²) in [7, 11) is 0. The molecule has 0 spiro atoms. The Hall–Kier alpha value is -4.19. The number of aliphatic hydroxyl groups excluding tert-OH is 2. The number of fused-ring (bicyclic) bond motifs is 1. The quantitative estimate of drug-likeness (QED) is 0.278. The number of aromatic amines is 1. The summed E-state index contributed by atoms with van der Waals surface area (Å²) in [6.45, 7) is 5.76. The summed E-state index contributed by atoms with van der Waals surface area (Å²) in [4.78, 5) is 15.5. The van der Waals surface area contributed by atoms with Crippen LogP contribution in [0, 0.1) is 11.6 Å². The van der Waals surface area contributed by atoms with Crippen LogP contribution in [0.5, 0.6) is 0 Å². The monoisotopic (exact) mass is 548 g/mol. The topological polar surface area (TPSA) is 111 Å². The highest BCUT2D eigenvalue weighted by Gasteiger charge is 2.22. The highest BCUT2D eigenvalue weighted by Crippen LogP contribution is 2.30. The summed E-state index contributed by atoms with van der Waals surface area (Å²) < 4.78 is 32.0. The van der Waals surface area contributed by atoms with Crippen LogP contribution >= 0.6 is 0 Å². The molecule has 40 heavy (non-hydrogen) atoms. The number of carbonyl (C=O) groups is 1. The number of halogens is 2. The molecule has 3 heterocycles. The van der Waals surface area contributed by atoms with Gasteiger partial charge in [-0.2, -0.15) is 10.2 Å². The number of hydrogen-bond donors (Lipinski definition) is 3. The maximum absolute atomic E-state index is 15.3. The second kappa shape index (κ2) is 11.9. The molecule has 0 bridgehead atoms. The van der Waals surface area contributed by atoms with Gasteiger partial charge in [-0.1, -0.05) is 24.8 Å². The van der Waals surface area contributed by atoms with Gasteiger partial charge in [0.1, 0.15) is 0 Å². The molecule has 208 valence electrons. The normalized spacial score (nSPS) is 15.2. The van der Waals surface area contributed by atoms with Gasteiger partial charge in [-0.25, -0.2) is 8.78 Å². The Morgan fingerprint density at radius 3 is 2.67 bits per heavy atom. The van der Waals surface area contributed by atoms with E-state index in [-0.39, 0.29) is 36.7 Å². The lowest BCUT2D eigenvalue weighted by Gasteiger charge is -2.34. The van der Waals surface area contributed by atoms with Crippen molar-refractivity contribution in [3.05, 3.63) is 83.8 Å². The van der Waals surface area contributed by atoms with E-state index in [0.717, 1.165) is 16.5 Å². The van der Waals surface area contributed by atoms with Gasteiger partial charge in [0.05, 0.1) is 36.7 Å². The molecule has 1 saturated heterocycles. The predicted molar refractivity (Wildman–Crippen MR) is 148 cm³/mol. The number of rotatable bonds is 9. The minimum absolute atomic E-state index is 0.124. The van der Waals surface area contributed by atoms with Crippen LogP contribution in [0.2, 0.25) is 0 Å². The van der Waals surface area contributed by atoms with E-state index in [1.54, 1.807) is 59.8 Å². The summed E-state index contributed by atoms with van der Waals surface area (Å²) in [6.07, 6.45) is 7.34. The zero-order chi connectivity index (χ0) is 28.2. The average molecular weight is 549 g/mol. The third kappa shape index (κ3) is 5.86. The number of aromatic nitrogens is 4. The predicted octanol–water partition coefficient (Wildman–Crippen LogP) is 3.06. The smallest absolute Gasteiger partial charge is 0.246 e. The molecular formula is C29H30F2N6O3. The zero-order valence-corrected chi connectivity index (χ0v) is 21.8. The first-order valence-corrected chi connectivity index (χ1v) is 12.9. The summed E-state index contributed by atoms with van der Waals surface area (Å²) in [5, 5.41) is 30.8. The second-order valence-electron chi connectivity index (χ2n) is 9.74. The number of benzene rings is 2. The molecule has 0 aliphatic carbocycles. The van der Waals surface area contributed by atoms with E-state index in [4.69, 9.17) is 5.11 Å². The Morgan fingerprint density at radius 1 is 1.12 bits per heavy atom. The molecule has 1 aliphatic heterocycles. The molecular weight excluding hydrogens is 518 g/mol. The standard InChI is InChI=1S/C29H30F2N6O3/c1-2-27(40)36-11-9-35(10-12-36)16-21-4-6-23(29(31)28(21)30)20-5-8-26-24(13-20)25(33-34-26)7-3-19-14-32-37(15-19)17-22(39)18-38/h2-8,13-15,22,38-39H,1,9-12,16-18H2,(H,33,34)/b7-3+/t22-/m1/s1. The molecule has 2 aromatic heterocycles. The average Bonchev–Trinajstić information content (AvgIpc) is 3.60. The lowest BCUT2D eigenvalue weighted by Crippen LogP contribution is -2.47. The molecule has 0 radical (unpaired) electrons. The number of nitrogens with one attached hydrogen (secondary N) is 1. The van der Waals surface area contributed by atoms with Crippen molar-refractivity contribution >= 4 is 29.0 Å². The van der Waals surface area contributed by atoms with Crippen LogP contribution in [0.1, 0.15) is 16.8 Å². The number of aliphatic hydroxyl groups is 2. The molecule has 9 nitrogen and oxygen atoms in total. The van der Waals surface area contributed by atoms with Crippen molar-refractivity contribution in [3.8, 4) is 11.1 Å². The van der Waals surface area contributed by atoms with Gasteiger partial charge < -0.3 is 15.1 Å². The Labute approximate surface area is 229 Å². The van der Waals surface area contributed by atoms with Crippen molar-refractivity contribution in [1.82, 2.24) is 29.8 Å². The summed E-state index contributed by atoms with van der Waals surface area (Å²) in [6, 6.07) is 8.47. The van der Waals surface area contributed by atoms with Crippen LogP contribution in [0.25, 0.3) is 34.2 Å². The minimum Gasteiger partial charge on any atom is -0.394 e. The van der Waals surface area contributed by atoms with Crippen molar-refractivity contribution in [2.75, 3.05) is 32.8 Å². The van der Waals surface area contributed by atoms with Gasteiger partial charge in [0, 0.05) is 61.0 Å². The number of nitrogens with zero attached hydrogens (tertiary/aromatic N) is 5. The molecule has 3 N–H and O–H groups in total. The van der Waals surface area contributed by atoms with E-state index in [2.05, 4.69) is 21.9 Å². The molecule has 1 amide bonds. The van der Waals surface area contributed by atoms with Gasteiger partial charge >= 0.3 is 0 Å². The maximum Gasteiger partial charge on any atom is 0.246 e. The van der Waals surface area contributed by atoms with Crippen molar-refractivity contribution < 1.29 is 23.8 Å². The highest BCUT2D eigenvalue weighted by molar-refractivity contribution is 5.92. The highest BCUT2D eigenvalue weighted by atomic mass is 19.2. The number of hydrogen-bond acceptors (Lipinski definition) is 6. The van der Waals surface area contributed by atoms with Crippen LogP contribution in [-0.2, 0) is 17.9 Å². The van der Waals surface area contributed by atoms with E-state index in [1.165, 1.54) is 10.8 Å². The van der Waals surface area contributed by atoms with Crippen molar-refractivity contribution in [3.63, 3.8) is 0 Å². The number of amides is 1. The van der Waals surface area contributed by atoms with Gasteiger partial charge in [0.15, 0.2) is 11.6 Å². The Morgan fingerprint density at radius 2 is 1.93 bits per heavy atom. The van der Waals surface area contributed by atoms with Gasteiger partial charge in [0.25, 0.3) is 0 Å². The molecule has 0 unspecified atom stereocenters. The van der Waals surface area contributed by atoms with Crippen molar-refractivity contribution in [1.29, 1.82) is 0 Å². The third-order valence-corrected chi connectivity index (χ3v) is 7.01. The molecule has 4 aromatic rings. The molecule has 1 atom stereocenters. The summed E-state index contributed by atoms with van der Waals surface area (Å²) in [5.41, 5.74) is 3.08. The number of carbonyl (C=O) groups excluding carboxylic acids is 1. The maximum atomic E-state index is 15.3. The summed E-state index contributed by atoms with van der Waals surface area (Å²) in [5.74, 6) is -1.91. The molecule has 2 aromatic carbocycles. The fraction of sp³-hybridized carbons (Fsp3) is 0.276. The van der Waals surface area contributed by atoms with Gasteiger partial charge in [-0.15, -0.1) is 0 Å². The SMILES string of the molecule is C=CC(=O)N1CCN(Cc2ccc(-c3ccc4[nH]nc(/C=C/c5cnn(C[C@@H](O)CO)c5)c4c3)c(F)c2F)CC1. The molecule has 5 rings (SSSR count). The van der Waals surface area contributed by atoms with Crippen molar-refractivity contribution in [2.45, 2.75) is 19.2 Å². The van der Waals surface area contributed by atoms with E-state index >= 15 is 8.78 Å². The first-order chi connectivity index (χ1) is 19.4. The first kappa shape index (κ1) is 27.4. The van der Waals surface area contributed by atoms with Gasteiger partial charge in [0.2, 0.25) is 5.91 Å². The van der Waals surface area contributed by atoms with Crippen molar-refractivity contribution in [2.24, 2.45) is 0 Å². The molecule has 11 heteroatoms. The van der Waals surface area contributed by atoms with E-state index in [1.807, 2.05) is 4.90 Å². The van der Waals surface area contributed by atoms with Crippen LogP contribution in [0.15, 0.2) is 55.4 Å². The first-order valence-electron chi connectivity index (χ1n) is 12.9. The third-order valence-electron chi connectivity index (χ3n) is 7.01. The fourth-order valence-electron chi connectivity index (χ4n) is 4.77. The van der Waals surface area contributed by atoms with Gasteiger partial charge in [-0.3, -0.25) is 19.5 Å². The number of H-pyrrole nitrogens is 1. The molecule has 1 aliphatic rings. The van der Waals surface area contributed by atoms with Gasteiger partial charge in [-0.05, 0) is 35.9 Å². The molecule has 1 fully saturated rings. The van der Waals surface area contributed by atoms with E-state index in [9.17, 15) is 9.90 Å². The molecule has 0 saturated carbocycles. The van der Waals surface area contributed by atoms with Crippen LogP contribution in [0.4, 0.5) is 8.78 Å². The minimum atomic E-state index is -0.907. The lowest BCUT2D eigenvalue weighted by atomic mass is 10.00. The Kier molecular flexibility index (Phi) is 8.15. The number of piperazine rings is 1. The van der Waals surface area contributed by atoms with Crippen LogP contribution in [-0.4, -0.2) is 84.8 Å². The fourth-order valence-corrected chi connectivity index (χ4v) is 4.77. The Balaban J connectivity index is 1.32. The Bertz CT molecular complexity index is 1550. The lowest BCUT2D eigenvalue weighted by molar-refractivity contribution is -0.127. The second-order valence-corrected chi connectivity index (χ2v) is 9.74.